The van der Waals surface area contributed by atoms with Crippen molar-refractivity contribution in [2.45, 2.75) is 13.8 Å². The maximum Gasteiger partial charge on any atom is 0.266 e. The number of nitrogens with one attached hydrogen (secondary N) is 1. The van der Waals surface area contributed by atoms with Crippen molar-refractivity contribution in [3.05, 3.63) is 81.8 Å². The van der Waals surface area contributed by atoms with Gasteiger partial charge in [0.15, 0.2) is 0 Å². The summed E-state index contributed by atoms with van der Waals surface area (Å²) in [5, 5.41) is 9.39. The first-order chi connectivity index (χ1) is 11.1. The monoisotopic (exact) mass is 300 g/mol. The van der Waals surface area contributed by atoms with Gasteiger partial charge in [-0.15, -0.1) is 0 Å². The maximum atomic E-state index is 12.1. The van der Waals surface area contributed by atoms with Crippen molar-refractivity contribution in [1.82, 2.24) is 4.98 Å². The van der Waals surface area contributed by atoms with Gasteiger partial charge in [-0.05, 0) is 36.6 Å². The van der Waals surface area contributed by atoms with Crippen LogP contribution in [0.4, 0.5) is 0 Å². The van der Waals surface area contributed by atoms with Crippen molar-refractivity contribution >= 4 is 0 Å². The van der Waals surface area contributed by atoms with E-state index in [0.717, 1.165) is 22.4 Å². The number of nitrogens with zero attached hydrogens (tertiary/aromatic N) is 1. The van der Waals surface area contributed by atoms with Crippen LogP contribution in [-0.2, 0) is 0 Å². The fourth-order valence-electron chi connectivity index (χ4n) is 2.79. The summed E-state index contributed by atoms with van der Waals surface area (Å²) in [5.74, 6) is 0. The molecule has 1 aromatic heterocycles. The number of aryl methyl sites for hydroxylation is 2. The summed E-state index contributed by atoms with van der Waals surface area (Å²) in [4.78, 5) is 14.8. The zero-order valence-corrected chi connectivity index (χ0v) is 13.1. The topological polar surface area (TPSA) is 56.6 Å². The van der Waals surface area contributed by atoms with Crippen LogP contribution in [0.5, 0.6) is 0 Å². The second-order valence-electron chi connectivity index (χ2n) is 5.60. The molecule has 0 unspecified atom stereocenters. The normalized spacial score (nSPS) is 10.3. The Kier molecular flexibility index (Phi) is 3.82. The molecular weight excluding hydrogens is 284 g/mol. The molecule has 0 fully saturated rings. The smallest absolute Gasteiger partial charge is 0.266 e. The van der Waals surface area contributed by atoms with E-state index in [4.69, 9.17) is 0 Å². The Labute approximate surface area is 134 Å². The zero-order chi connectivity index (χ0) is 16.4. The first-order valence-electron chi connectivity index (χ1n) is 7.40. The SMILES string of the molecule is Cc1cccc(-c2ccccc2-c2cc(C)[nH]c(=O)c2C#N)c1. The van der Waals surface area contributed by atoms with E-state index >= 15 is 0 Å². The predicted molar refractivity (Wildman–Crippen MR) is 92.1 cm³/mol. The minimum atomic E-state index is -0.346. The fourth-order valence-corrected chi connectivity index (χ4v) is 2.79. The third-order valence-corrected chi connectivity index (χ3v) is 3.83. The van der Waals surface area contributed by atoms with Crippen LogP contribution in [0.25, 0.3) is 22.3 Å². The zero-order valence-electron chi connectivity index (χ0n) is 13.1. The van der Waals surface area contributed by atoms with Crippen LogP contribution in [0.2, 0.25) is 0 Å². The Balaban J connectivity index is 2.32. The Hall–Kier alpha value is -3.12. The molecule has 0 aliphatic carbocycles. The van der Waals surface area contributed by atoms with Gasteiger partial charge in [0.2, 0.25) is 0 Å². The quantitative estimate of drug-likeness (QED) is 0.771. The van der Waals surface area contributed by atoms with E-state index in [1.807, 2.05) is 68.4 Å². The van der Waals surface area contributed by atoms with Crippen molar-refractivity contribution in [1.29, 1.82) is 5.26 Å². The first kappa shape index (κ1) is 14.8. The van der Waals surface area contributed by atoms with Crippen molar-refractivity contribution in [3.8, 4) is 28.3 Å². The molecule has 1 N–H and O–H groups in total. The van der Waals surface area contributed by atoms with E-state index in [1.54, 1.807) is 0 Å². The van der Waals surface area contributed by atoms with Gasteiger partial charge in [0.25, 0.3) is 5.56 Å². The highest BCUT2D eigenvalue weighted by Crippen LogP contribution is 2.33. The molecule has 0 aliphatic heterocycles. The van der Waals surface area contributed by atoms with Gasteiger partial charge in [0.1, 0.15) is 11.6 Å². The molecule has 3 heteroatoms. The average molecular weight is 300 g/mol. The van der Waals surface area contributed by atoms with E-state index in [0.29, 0.717) is 5.56 Å². The van der Waals surface area contributed by atoms with Crippen molar-refractivity contribution in [2.75, 3.05) is 0 Å². The van der Waals surface area contributed by atoms with Gasteiger partial charge >= 0.3 is 0 Å². The minimum absolute atomic E-state index is 0.149. The van der Waals surface area contributed by atoms with Crippen LogP contribution in [0.1, 0.15) is 16.8 Å². The summed E-state index contributed by atoms with van der Waals surface area (Å²) in [6.07, 6.45) is 0. The number of benzene rings is 2. The van der Waals surface area contributed by atoms with Gasteiger partial charge in [-0.1, -0.05) is 54.1 Å². The Morgan fingerprint density at radius 1 is 0.913 bits per heavy atom. The summed E-state index contributed by atoms with van der Waals surface area (Å²) in [6, 6.07) is 19.9. The number of hydrogen-bond acceptors (Lipinski definition) is 2. The third kappa shape index (κ3) is 2.79. The number of nitriles is 1. The molecule has 112 valence electrons. The van der Waals surface area contributed by atoms with Crippen molar-refractivity contribution in [2.24, 2.45) is 0 Å². The number of hydrogen-bond donors (Lipinski definition) is 1. The lowest BCUT2D eigenvalue weighted by Gasteiger charge is -2.12. The molecule has 0 atom stereocenters. The summed E-state index contributed by atoms with van der Waals surface area (Å²) >= 11 is 0. The molecule has 0 aliphatic rings. The number of H-pyrrole nitrogens is 1. The molecule has 0 radical (unpaired) electrons. The lowest BCUT2D eigenvalue weighted by atomic mass is 9.92. The molecule has 3 rings (SSSR count). The van der Waals surface area contributed by atoms with Gasteiger partial charge < -0.3 is 4.98 Å². The fraction of sp³-hybridized carbons (Fsp3) is 0.100. The lowest BCUT2D eigenvalue weighted by molar-refractivity contribution is 1.13. The Morgan fingerprint density at radius 2 is 1.65 bits per heavy atom. The standard InChI is InChI=1S/C20H16N2O/c1-13-6-5-7-15(10-13)16-8-3-4-9-17(16)18-11-14(2)22-20(23)19(18)12-21/h3-11H,1-2H3,(H,22,23). The summed E-state index contributed by atoms with van der Waals surface area (Å²) in [6.45, 7) is 3.87. The highest BCUT2D eigenvalue weighted by molar-refractivity contribution is 5.85. The van der Waals surface area contributed by atoms with Crippen LogP contribution in [-0.4, -0.2) is 4.98 Å². The summed E-state index contributed by atoms with van der Waals surface area (Å²) in [5.41, 5.74) is 5.36. The highest BCUT2D eigenvalue weighted by Gasteiger charge is 2.14. The van der Waals surface area contributed by atoms with Gasteiger partial charge in [0, 0.05) is 11.3 Å². The lowest BCUT2D eigenvalue weighted by Crippen LogP contribution is -2.12. The van der Waals surface area contributed by atoms with Gasteiger partial charge in [-0.3, -0.25) is 4.79 Å². The van der Waals surface area contributed by atoms with E-state index in [9.17, 15) is 10.1 Å². The van der Waals surface area contributed by atoms with E-state index in [2.05, 4.69) is 11.1 Å². The van der Waals surface area contributed by atoms with Gasteiger partial charge in [0.05, 0.1) is 0 Å². The molecule has 23 heavy (non-hydrogen) atoms. The second kappa shape index (κ2) is 5.94. The second-order valence-corrected chi connectivity index (χ2v) is 5.60. The van der Waals surface area contributed by atoms with Crippen molar-refractivity contribution < 1.29 is 0 Å². The Morgan fingerprint density at radius 3 is 2.35 bits per heavy atom. The number of aromatic nitrogens is 1. The molecule has 0 bridgehead atoms. The molecule has 0 saturated carbocycles. The van der Waals surface area contributed by atoms with E-state index < -0.39 is 0 Å². The molecule has 0 spiro atoms. The van der Waals surface area contributed by atoms with Gasteiger partial charge in [-0.25, -0.2) is 0 Å². The van der Waals surface area contributed by atoms with Crippen LogP contribution in [0.3, 0.4) is 0 Å². The van der Waals surface area contributed by atoms with E-state index in [1.165, 1.54) is 5.56 Å². The summed E-state index contributed by atoms with van der Waals surface area (Å²) in [7, 11) is 0. The molecule has 3 aromatic rings. The van der Waals surface area contributed by atoms with Crippen molar-refractivity contribution in [3.63, 3.8) is 0 Å². The van der Waals surface area contributed by atoms with Crippen LogP contribution in [0, 0.1) is 25.2 Å². The van der Waals surface area contributed by atoms with Gasteiger partial charge in [-0.2, -0.15) is 5.26 Å². The molecule has 1 heterocycles. The Bertz CT molecular complexity index is 977. The molecule has 0 amide bonds. The molecule has 3 nitrogen and oxygen atoms in total. The summed E-state index contributed by atoms with van der Waals surface area (Å²) < 4.78 is 0. The van der Waals surface area contributed by atoms with Crippen LogP contribution >= 0.6 is 0 Å². The maximum absolute atomic E-state index is 12.1. The van der Waals surface area contributed by atoms with Crippen LogP contribution in [0.15, 0.2) is 59.4 Å². The predicted octanol–water partition coefficient (Wildman–Crippen LogP) is 4.20. The molecule has 0 saturated heterocycles. The minimum Gasteiger partial charge on any atom is -0.325 e. The highest BCUT2D eigenvalue weighted by atomic mass is 16.1. The molecule has 2 aromatic carbocycles. The van der Waals surface area contributed by atoms with Crippen LogP contribution < -0.4 is 5.56 Å². The molecular formula is C20H16N2O. The number of rotatable bonds is 2. The number of pyridine rings is 1. The number of aromatic amines is 1. The van der Waals surface area contributed by atoms with E-state index in [-0.39, 0.29) is 11.1 Å². The average Bonchev–Trinajstić information content (AvgIpc) is 2.54. The first-order valence-corrected chi connectivity index (χ1v) is 7.40. The largest absolute Gasteiger partial charge is 0.325 e. The third-order valence-electron chi connectivity index (χ3n) is 3.83.